The van der Waals surface area contributed by atoms with E-state index in [9.17, 15) is 61.0 Å². The summed E-state index contributed by atoms with van der Waals surface area (Å²) in [6.45, 7) is 1.50. The monoisotopic (exact) mass is 1260 g/mol. The molecule has 17 atom stereocenters. The number of ether oxygens (including phenoxy) is 6. The lowest BCUT2D eigenvalue weighted by atomic mass is 9.96. The van der Waals surface area contributed by atoms with Crippen LogP contribution in [0.4, 0.5) is 0 Å². The zero-order chi connectivity index (χ0) is 64.7. The van der Waals surface area contributed by atoms with E-state index in [1.807, 2.05) is 6.08 Å². The SMILES string of the molecule is CC/C=C\C/C=C\C/C=C\C/C=C\C/C=C\C/C=C\C/C=C\C/C=C\C/C=C\CCCCCCCCCCCC(=O)NC(COC1OC(CO)C(OC2OC(CO)C(OC3OC(CO)C(O)C(O)C3O)C(O)C2O)C(O)C1O)C(O)/C=C/CCCCCCC. The van der Waals surface area contributed by atoms with Crippen molar-refractivity contribution in [2.24, 2.45) is 0 Å². The fraction of sp³-hybridized carbons (Fsp3) is 0.700. The molecule has 0 aliphatic carbocycles. The van der Waals surface area contributed by atoms with Gasteiger partial charge in [-0.15, -0.1) is 0 Å². The van der Waals surface area contributed by atoms with E-state index in [-0.39, 0.29) is 18.9 Å². The van der Waals surface area contributed by atoms with E-state index in [0.29, 0.717) is 6.42 Å². The first-order chi connectivity index (χ1) is 43.3. The van der Waals surface area contributed by atoms with Crippen molar-refractivity contribution in [2.45, 2.75) is 285 Å². The third-order valence-electron chi connectivity index (χ3n) is 15.8. The third kappa shape index (κ3) is 33.0. The van der Waals surface area contributed by atoms with E-state index in [4.69, 9.17) is 28.4 Å². The van der Waals surface area contributed by atoms with Crippen LogP contribution in [0.5, 0.6) is 0 Å². The molecule has 3 saturated heterocycles. The molecule has 3 heterocycles. The maximum absolute atomic E-state index is 13.3. The number of carbonyl (C=O) groups excluding carboxylic acids is 1. The van der Waals surface area contributed by atoms with Crippen molar-refractivity contribution in [2.75, 3.05) is 26.4 Å². The van der Waals surface area contributed by atoms with Crippen molar-refractivity contribution in [3.63, 3.8) is 0 Å². The van der Waals surface area contributed by atoms with Gasteiger partial charge in [-0.1, -0.05) is 206 Å². The number of nitrogens with one attached hydrogen (secondary N) is 1. The van der Waals surface area contributed by atoms with Crippen LogP contribution in [0, 0.1) is 0 Å². The number of rotatable bonds is 48. The number of hydrogen-bond acceptors (Lipinski definition) is 18. The number of amides is 1. The predicted octanol–water partition coefficient (Wildman–Crippen LogP) is 8.04. The van der Waals surface area contributed by atoms with Gasteiger partial charge in [0.15, 0.2) is 18.9 Å². The summed E-state index contributed by atoms with van der Waals surface area (Å²) >= 11 is 0. The molecule has 17 unspecified atom stereocenters. The van der Waals surface area contributed by atoms with E-state index >= 15 is 0 Å². The van der Waals surface area contributed by atoms with Crippen LogP contribution >= 0.6 is 0 Å². The number of carbonyl (C=O) groups is 1. The van der Waals surface area contributed by atoms with Crippen LogP contribution in [0.25, 0.3) is 0 Å². The molecule has 0 aromatic carbocycles. The summed E-state index contributed by atoms with van der Waals surface area (Å²) < 4.78 is 34.1. The molecule has 3 aliphatic rings. The molecule has 0 aromatic heterocycles. The first-order valence-corrected chi connectivity index (χ1v) is 33.3. The normalized spacial score (nSPS) is 29.0. The lowest BCUT2D eigenvalue weighted by molar-refractivity contribution is -0.379. The highest BCUT2D eigenvalue weighted by Crippen LogP contribution is 2.33. The molecule has 0 spiro atoms. The Hall–Kier alpha value is -3.81. The van der Waals surface area contributed by atoms with Gasteiger partial charge in [-0.2, -0.15) is 0 Å². The Morgan fingerprint density at radius 3 is 1.21 bits per heavy atom. The molecule has 0 bridgehead atoms. The van der Waals surface area contributed by atoms with Gasteiger partial charge in [0.1, 0.15) is 73.2 Å². The molecule has 19 heteroatoms. The Labute approximate surface area is 531 Å². The smallest absolute Gasteiger partial charge is 0.220 e. The van der Waals surface area contributed by atoms with Crippen molar-refractivity contribution in [3.8, 4) is 0 Å². The lowest BCUT2D eigenvalue weighted by Crippen LogP contribution is -2.66. The summed E-state index contributed by atoms with van der Waals surface area (Å²) in [6.07, 6.45) is 42.3. The zero-order valence-corrected chi connectivity index (χ0v) is 53.4. The van der Waals surface area contributed by atoms with Gasteiger partial charge in [-0.05, 0) is 89.9 Å². The van der Waals surface area contributed by atoms with Crippen molar-refractivity contribution < 1.29 is 89.4 Å². The second kappa shape index (κ2) is 50.7. The van der Waals surface area contributed by atoms with Crippen LogP contribution < -0.4 is 5.32 Å². The molecule has 0 saturated carbocycles. The summed E-state index contributed by atoms with van der Waals surface area (Å²) in [6, 6.07) is -0.981. The summed E-state index contributed by atoms with van der Waals surface area (Å²) in [5.41, 5.74) is 0. The van der Waals surface area contributed by atoms with E-state index in [2.05, 4.69) is 129 Å². The summed E-state index contributed by atoms with van der Waals surface area (Å²) in [5.74, 6) is -0.293. The van der Waals surface area contributed by atoms with Gasteiger partial charge in [0.25, 0.3) is 0 Å². The van der Waals surface area contributed by atoms with E-state index in [1.165, 1.54) is 25.7 Å². The maximum atomic E-state index is 13.3. The average molecular weight is 1260 g/mol. The van der Waals surface area contributed by atoms with Crippen molar-refractivity contribution >= 4 is 5.91 Å². The van der Waals surface area contributed by atoms with Crippen LogP contribution in [0.2, 0.25) is 0 Å². The molecular weight excluding hydrogens is 1140 g/mol. The van der Waals surface area contributed by atoms with Gasteiger partial charge in [-0.3, -0.25) is 4.79 Å². The van der Waals surface area contributed by atoms with E-state index in [0.717, 1.165) is 128 Å². The largest absolute Gasteiger partial charge is 0.394 e. The molecular formula is C70H115NO18. The zero-order valence-electron chi connectivity index (χ0n) is 53.4. The Bertz CT molecular complexity index is 2090. The number of aliphatic hydroxyl groups excluding tert-OH is 11. The molecule has 508 valence electrons. The third-order valence-corrected chi connectivity index (χ3v) is 15.8. The van der Waals surface area contributed by atoms with Gasteiger partial charge in [-0.25, -0.2) is 0 Å². The first kappa shape index (κ1) is 79.4. The number of unbranched alkanes of at least 4 members (excludes halogenated alkanes) is 14. The second-order valence-electron chi connectivity index (χ2n) is 23.2. The summed E-state index contributed by atoms with van der Waals surface area (Å²) in [5, 5.41) is 120. The highest BCUT2D eigenvalue weighted by Gasteiger charge is 2.53. The summed E-state index contributed by atoms with van der Waals surface area (Å²) in [4.78, 5) is 13.3. The molecule has 1 amide bonds. The summed E-state index contributed by atoms with van der Waals surface area (Å²) in [7, 11) is 0. The van der Waals surface area contributed by atoms with Crippen molar-refractivity contribution in [1.82, 2.24) is 5.32 Å². The first-order valence-electron chi connectivity index (χ1n) is 33.3. The van der Waals surface area contributed by atoms with Gasteiger partial charge >= 0.3 is 0 Å². The van der Waals surface area contributed by atoms with E-state index < -0.39 is 124 Å². The van der Waals surface area contributed by atoms with Gasteiger partial charge in [0.05, 0.1) is 38.6 Å². The molecule has 3 aliphatic heterocycles. The fourth-order valence-corrected chi connectivity index (χ4v) is 10.4. The van der Waals surface area contributed by atoms with Crippen LogP contribution in [-0.4, -0.2) is 193 Å². The molecule has 0 radical (unpaired) electrons. The van der Waals surface area contributed by atoms with Crippen molar-refractivity contribution in [1.29, 1.82) is 0 Å². The minimum absolute atomic E-state index is 0.227. The number of hydrogen-bond donors (Lipinski definition) is 12. The predicted molar refractivity (Wildman–Crippen MR) is 346 cm³/mol. The lowest BCUT2D eigenvalue weighted by Gasteiger charge is -2.48. The fourth-order valence-electron chi connectivity index (χ4n) is 10.4. The standard InChI is InChI=1S/C70H115NO18/c1-3-5-7-9-11-12-13-14-15-16-17-18-19-20-21-22-23-24-25-26-27-28-29-30-31-32-33-34-35-36-37-38-39-40-42-44-46-48-58(76)71-53(54(75)47-45-43-41-10-8-6-4-2)52-84-68-64(82)61(79)66(56(50-73)86-68)89-70-65(83)62(80)67(57(51-74)87-70)88-69-63(81)60(78)59(77)55(49-72)85-69/h5,7,11-12,14-15,17-18,20-21,23-24,26-27,29-30,32-33,45,47,53-57,59-70,72-75,77-83H,3-4,6,8-10,13,16,19,22,25,28,31,34-44,46,48-52H2,1-2H3,(H,71,76)/b7-5-,12-11-,15-14-,18-17-,21-20-,24-23-,27-26-,30-29-,33-32-,47-45+. The minimum Gasteiger partial charge on any atom is -0.394 e. The Balaban J connectivity index is 1.31. The molecule has 3 fully saturated rings. The second-order valence-corrected chi connectivity index (χ2v) is 23.2. The van der Waals surface area contributed by atoms with Crippen LogP contribution in [-0.2, 0) is 33.2 Å². The number of allylic oxidation sites excluding steroid dienone is 19. The topological polar surface area (TPSA) is 307 Å². The van der Waals surface area contributed by atoms with Crippen LogP contribution in [0.1, 0.15) is 181 Å². The van der Waals surface area contributed by atoms with Gasteiger partial charge < -0.3 is 89.9 Å². The molecule has 0 aromatic rings. The molecule has 19 nitrogen and oxygen atoms in total. The van der Waals surface area contributed by atoms with Gasteiger partial charge in [0.2, 0.25) is 5.91 Å². The minimum atomic E-state index is -1.98. The average Bonchev–Trinajstić information content (AvgIpc) is 2.14. The quantitative estimate of drug-likeness (QED) is 0.0203. The van der Waals surface area contributed by atoms with Gasteiger partial charge in [0, 0.05) is 6.42 Å². The molecule has 12 N–H and O–H groups in total. The highest BCUT2D eigenvalue weighted by atomic mass is 16.8. The maximum Gasteiger partial charge on any atom is 0.220 e. The van der Waals surface area contributed by atoms with Crippen LogP contribution in [0.15, 0.2) is 122 Å². The van der Waals surface area contributed by atoms with Crippen molar-refractivity contribution in [3.05, 3.63) is 122 Å². The van der Waals surface area contributed by atoms with Crippen LogP contribution in [0.3, 0.4) is 0 Å². The molecule has 89 heavy (non-hydrogen) atoms. The Morgan fingerprint density at radius 2 is 0.775 bits per heavy atom. The Morgan fingerprint density at radius 1 is 0.416 bits per heavy atom. The number of aliphatic hydroxyl groups is 11. The molecule has 3 rings (SSSR count). The highest BCUT2D eigenvalue weighted by molar-refractivity contribution is 5.76. The Kier molecular flexibility index (Phi) is 45.3. The van der Waals surface area contributed by atoms with E-state index in [1.54, 1.807) is 6.08 Å².